The van der Waals surface area contributed by atoms with Crippen molar-refractivity contribution in [2.75, 3.05) is 6.61 Å². The lowest BCUT2D eigenvalue weighted by Gasteiger charge is -2.43. The van der Waals surface area contributed by atoms with Crippen LogP contribution in [0.1, 0.15) is 49.1 Å². The zero-order valence-corrected chi connectivity index (χ0v) is 20.2. The van der Waals surface area contributed by atoms with Crippen molar-refractivity contribution in [3.8, 4) is 11.1 Å². The SMILES string of the molecule is CCOC(=O)N[C@@H]1CC[C@@H]2[C@H](Cc3[nH]c(=O)ccc3[C@H]2/C=C/c2ccc(-c3cccc(F)c3)cn2)C1. The van der Waals surface area contributed by atoms with Gasteiger partial charge in [-0.3, -0.25) is 9.78 Å². The number of aromatic nitrogens is 2. The minimum absolute atomic E-state index is 0.0731. The van der Waals surface area contributed by atoms with Gasteiger partial charge in [-0.2, -0.15) is 0 Å². The Morgan fingerprint density at radius 1 is 1.19 bits per heavy atom. The fourth-order valence-electron chi connectivity index (χ4n) is 5.76. The van der Waals surface area contributed by atoms with E-state index in [9.17, 15) is 14.0 Å². The molecule has 186 valence electrons. The van der Waals surface area contributed by atoms with Gasteiger partial charge < -0.3 is 15.0 Å². The molecule has 1 saturated carbocycles. The van der Waals surface area contributed by atoms with Gasteiger partial charge in [0, 0.05) is 35.5 Å². The lowest BCUT2D eigenvalue weighted by Crippen LogP contribution is -2.44. The normalized spacial score (nSPS) is 23.1. The molecule has 1 amide bonds. The number of benzene rings is 1. The van der Waals surface area contributed by atoms with Gasteiger partial charge in [0.2, 0.25) is 5.56 Å². The molecule has 6 nitrogen and oxygen atoms in total. The molecule has 7 heteroatoms. The third kappa shape index (κ3) is 5.25. The molecule has 0 saturated heterocycles. The van der Waals surface area contributed by atoms with Crippen molar-refractivity contribution in [2.45, 2.75) is 44.6 Å². The molecule has 4 atom stereocenters. The van der Waals surface area contributed by atoms with E-state index in [4.69, 9.17) is 4.74 Å². The van der Waals surface area contributed by atoms with Crippen LogP contribution in [0.15, 0.2) is 65.6 Å². The number of pyridine rings is 2. The number of carbonyl (C=O) groups is 1. The number of fused-ring (bicyclic) bond motifs is 2. The third-order valence-corrected chi connectivity index (χ3v) is 7.38. The summed E-state index contributed by atoms with van der Waals surface area (Å²) in [7, 11) is 0. The van der Waals surface area contributed by atoms with Gasteiger partial charge in [-0.25, -0.2) is 9.18 Å². The number of amides is 1. The summed E-state index contributed by atoms with van der Waals surface area (Å²) in [6.07, 6.45) is 9.13. The summed E-state index contributed by atoms with van der Waals surface area (Å²) in [5.41, 5.74) is 4.51. The van der Waals surface area contributed by atoms with Crippen molar-refractivity contribution >= 4 is 12.2 Å². The molecule has 0 unspecified atom stereocenters. The fraction of sp³-hybridized carbons (Fsp3) is 0.345. The van der Waals surface area contributed by atoms with Crippen molar-refractivity contribution in [1.82, 2.24) is 15.3 Å². The molecule has 1 aromatic carbocycles. The Kier molecular flexibility index (Phi) is 6.98. The molecule has 0 radical (unpaired) electrons. The molecule has 2 aliphatic rings. The van der Waals surface area contributed by atoms with Crippen LogP contribution < -0.4 is 10.9 Å². The molecule has 1 fully saturated rings. The van der Waals surface area contributed by atoms with Gasteiger partial charge in [0.1, 0.15) is 5.82 Å². The molecule has 0 spiro atoms. The largest absolute Gasteiger partial charge is 0.450 e. The van der Waals surface area contributed by atoms with Crippen LogP contribution >= 0.6 is 0 Å². The minimum atomic E-state index is -0.366. The average molecular weight is 488 g/mol. The highest BCUT2D eigenvalue weighted by atomic mass is 19.1. The predicted octanol–water partition coefficient (Wildman–Crippen LogP) is 5.46. The van der Waals surface area contributed by atoms with Crippen LogP contribution in [0.4, 0.5) is 9.18 Å². The van der Waals surface area contributed by atoms with Crippen LogP contribution in [0.2, 0.25) is 0 Å². The van der Waals surface area contributed by atoms with Crippen molar-refractivity contribution in [3.05, 3.63) is 93.9 Å². The molecule has 36 heavy (non-hydrogen) atoms. The van der Waals surface area contributed by atoms with E-state index < -0.39 is 0 Å². The van der Waals surface area contributed by atoms with E-state index in [0.717, 1.165) is 53.8 Å². The van der Waals surface area contributed by atoms with Gasteiger partial charge in [0.15, 0.2) is 0 Å². The highest BCUT2D eigenvalue weighted by Crippen LogP contribution is 2.47. The Morgan fingerprint density at radius 2 is 2.08 bits per heavy atom. The number of rotatable bonds is 5. The molecule has 2 aliphatic carbocycles. The Hall–Kier alpha value is -3.74. The first kappa shape index (κ1) is 24.0. The number of hydrogen-bond acceptors (Lipinski definition) is 4. The number of hydrogen-bond donors (Lipinski definition) is 2. The number of allylic oxidation sites excluding steroid dienone is 1. The van der Waals surface area contributed by atoms with Crippen LogP contribution in [0.3, 0.4) is 0 Å². The molecular formula is C29H30FN3O3. The number of H-pyrrole nitrogens is 1. The number of nitrogens with zero attached hydrogens (tertiary/aromatic N) is 1. The molecule has 3 aromatic rings. The highest BCUT2D eigenvalue weighted by Gasteiger charge is 2.40. The topological polar surface area (TPSA) is 84.1 Å². The monoisotopic (exact) mass is 487 g/mol. The van der Waals surface area contributed by atoms with Gasteiger partial charge in [-0.1, -0.05) is 30.3 Å². The fourth-order valence-corrected chi connectivity index (χ4v) is 5.76. The van der Waals surface area contributed by atoms with Crippen LogP contribution in [-0.4, -0.2) is 28.7 Å². The van der Waals surface area contributed by atoms with Gasteiger partial charge >= 0.3 is 6.09 Å². The standard InChI is InChI=1S/C29H30FN3O3/c1-2-36-29(35)32-23-9-10-24-20(15-23)16-27-26(12-13-28(34)33-27)25(24)11-8-22-7-6-19(17-31-22)18-4-3-5-21(30)14-18/h3-8,11-14,17,20,23-25H,2,9-10,15-16H2,1H3,(H,32,35)(H,33,34)/b11-8+/t20-,23+,24+,25-/m0/s1. The second-order valence-corrected chi connectivity index (χ2v) is 9.63. The predicted molar refractivity (Wildman–Crippen MR) is 137 cm³/mol. The quantitative estimate of drug-likeness (QED) is 0.501. The van der Waals surface area contributed by atoms with E-state index in [1.165, 1.54) is 12.1 Å². The molecule has 5 rings (SSSR count). The summed E-state index contributed by atoms with van der Waals surface area (Å²) in [5, 5.41) is 3.00. The first-order valence-electron chi connectivity index (χ1n) is 12.6. The second kappa shape index (κ2) is 10.5. The van der Waals surface area contributed by atoms with Crippen molar-refractivity contribution in [3.63, 3.8) is 0 Å². The summed E-state index contributed by atoms with van der Waals surface area (Å²) < 4.78 is 18.7. The summed E-state index contributed by atoms with van der Waals surface area (Å²) >= 11 is 0. The van der Waals surface area contributed by atoms with Crippen LogP contribution in [0.5, 0.6) is 0 Å². The molecule has 2 aromatic heterocycles. The average Bonchev–Trinajstić information content (AvgIpc) is 2.87. The minimum Gasteiger partial charge on any atom is -0.450 e. The smallest absolute Gasteiger partial charge is 0.407 e. The molecule has 0 aliphatic heterocycles. The van der Waals surface area contributed by atoms with Gasteiger partial charge in [-0.15, -0.1) is 0 Å². The summed E-state index contributed by atoms with van der Waals surface area (Å²) in [6.45, 7) is 2.15. The Labute approximate surface area is 209 Å². The first-order chi connectivity index (χ1) is 17.5. The number of alkyl carbamates (subject to hydrolysis) is 1. The maximum absolute atomic E-state index is 13.6. The second-order valence-electron chi connectivity index (χ2n) is 9.63. The summed E-state index contributed by atoms with van der Waals surface area (Å²) in [5.74, 6) is 0.622. The Balaban J connectivity index is 1.37. The lowest BCUT2D eigenvalue weighted by atomic mass is 9.63. The Morgan fingerprint density at radius 3 is 2.86 bits per heavy atom. The van der Waals surface area contributed by atoms with Crippen molar-refractivity contribution < 1.29 is 13.9 Å². The number of ether oxygens (including phenoxy) is 1. The third-order valence-electron chi connectivity index (χ3n) is 7.38. The van der Waals surface area contributed by atoms with E-state index in [1.807, 2.05) is 30.3 Å². The number of aromatic amines is 1. The van der Waals surface area contributed by atoms with E-state index in [0.29, 0.717) is 18.4 Å². The lowest BCUT2D eigenvalue weighted by molar-refractivity contribution is 0.128. The maximum atomic E-state index is 13.6. The van der Waals surface area contributed by atoms with E-state index in [2.05, 4.69) is 21.4 Å². The van der Waals surface area contributed by atoms with E-state index in [1.54, 1.807) is 25.3 Å². The molecular weight excluding hydrogens is 457 g/mol. The van der Waals surface area contributed by atoms with Gasteiger partial charge in [-0.05, 0) is 79.8 Å². The Bertz CT molecular complexity index is 1320. The summed E-state index contributed by atoms with van der Waals surface area (Å²) in [6, 6.07) is 14.0. The maximum Gasteiger partial charge on any atom is 0.407 e. The van der Waals surface area contributed by atoms with Crippen molar-refractivity contribution in [2.24, 2.45) is 11.8 Å². The van der Waals surface area contributed by atoms with Crippen molar-refractivity contribution in [1.29, 1.82) is 0 Å². The van der Waals surface area contributed by atoms with E-state index in [-0.39, 0.29) is 29.4 Å². The van der Waals surface area contributed by atoms with Gasteiger partial charge in [0.25, 0.3) is 0 Å². The number of carbonyl (C=O) groups excluding carboxylic acids is 1. The number of nitrogens with one attached hydrogen (secondary N) is 2. The highest BCUT2D eigenvalue weighted by molar-refractivity contribution is 5.67. The molecule has 0 bridgehead atoms. The zero-order valence-electron chi connectivity index (χ0n) is 20.2. The molecule has 2 N–H and O–H groups in total. The molecule has 2 heterocycles. The van der Waals surface area contributed by atoms with Gasteiger partial charge in [0.05, 0.1) is 12.3 Å². The number of halogens is 1. The first-order valence-corrected chi connectivity index (χ1v) is 12.6. The van der Waals surface area contributed by atoms with E-state index >= 15 is 0 Å². The summed E-state index contributed by atoms with van der Waals surface area (Å²) in [4.78, 5) is 31.6. The zero-order chi connectivity index (χ0) is 25.1. The van der Waals surface area contributed by atoms with Crippen LogP contribution in [0.25, 0.3) is 17.2 Å². The van der Waals surface area contributed by atoms with Crippen LogP contribution in [0, 0.1) is 17.7 Å². The van der Waals surface area contributed by atoms with Crippen LogP contribution in [-0.2, 0) is 11.2 Å².